The predicted octanol–water partition coefficient (Wildman–Crippen LogP) is 4.29. The molecule has 124 valence electrons. The second-order valence-corrected chi connectivity index (χ2v) is 5.51. The molecule has 0 radical (unpaired) electrons. The van der Waals surface area contributed by atoms with Crippen molar-refractivity contribution in [2.45, 2.75) is 0 Å². The lowest BCUT2D eigenvalue weighted by atomic mass is 10.2. The average molecular weight is 352 g/mol. The van der Waals surface area contributed by atoms with Gasteiger partial charge in [-0.05, 0) is 54.1 Å². The maximum Gasteiger partial charge on any atom is 0.272 e. The molecule has 0 bridgehead atoms. The fourth-order valence-electron chi connectivity index (χ4n) is 2.02. The molecule has 0 unspecified atom stereocenters. The summed E-state index contributed by atoms with van der Waals surface area (Å²) in [6, 6.07) is 17.8. The molecule has 3 aromatic rings. The fraction of sp³-hybridized carbons (Fsp3) is 0. The van der Waals surface area contributed by atoms with Gasteiger partial charge in [0.15, 0.2) is 0 Å². The Hall–Kier alpha value is -3.18. The number of rotatable bonds is 5. The zero-order valence-electron chi connectivity index (χ0n) is 13.1. The van der Waals surface area contributed by atoms with E-state index >= 15 is 0 Å². The van der Waals surface area contributed by atoms with Crippen molar-refractivity contribution < 1.29 is 9.53 Å². The van der Waals surface area contributed by atoms with Crippen molar-refractivity contribution >= 4 is 23.7 Å². The number of nitrogens with zero attached hydrogens (tertiary/aromatic N) is 2. The Bertz CT molecular complexity index is 881. The van der Waals surface area contributed by atoms with Crippen LogP contribution in [0.2, 0.25) is 5.02 Å². The summed E-state index contributed by atoms with van der Waals surface area (Å²) in [6.07, 6.45) is 4.63. The summed E-state index contributed by atoms with van der Waals surface area (Å²) < 4.78 is 5.75. The molecule has 3 rings (SSSR count). The van der Waals surface area contributed by atoms with Gasteiger partial charge in [0.05, 0.1) is 11.8 Å². The second-order valence-electron chi connectivity index (χ2n) is 5.07. The third-order valence-electron chi connectivity index (χ3n) is 3.21. The summed E-state index contributed by atoms with van der Waals surface area (Å²) >= 11 is 5.86. The summed E-state index contributed by atoms with van der Waals surface area (Å²) in [5, 5.41) is 4.60. The van der Waals surface area contributed by atoms with Crippen LogP contribution in [-0.2, 0) is 0 Å². The lowest BCUT2D eigenvalue weighted by Crippen LogP contribution is -2.17. The van der Waals surface area contributed by atoms with Gasteiger partial charge in [-0.15, -0.1) is 0 Å². The van der Waals surface area contributed by atoms with Crippen molar-refractivity contribution in [3.63, 3.8) is 0 Å². The van der Waals surface area contributed by atoms with E-state index in [1.165, 1.54) is 6.20 Å². The number of hydrazone groups is 1. The molecule has 0 fully saturated rings. The molecule has 0 atom stereocenters. The van der Waals surface area contributed by atoms with E-state index in [1.807, 2.05) is 24.3 Å². The normalized spacial score (nSPS) is 10.6. The van der Waals surface area contributed by atoms with E-state index in [0.29, 0.717) is 22.1 Å². The molecular weight excluding hydrogens is 338 g/mol. The van der Waals surface area contributed by atoms with Crippen molar-refractivity contribution in [3.05, 3.63) is 89.2 Å². The number of aromatic nitrogens is 1. The Kier molecular flexibility index (Phi) is 5.39. The summed E-state index contributed by atoms with van der Waals surface area (Å²) in [5.41, 5.74) is 3.69. The van der Waals surface area contributed by atoms with Crippen LogP contribution in [-0.4, -0.2) is 17.1 Å². The highest BCUT2D eigenvalue weighted by Gasteiger charge is 2.03. The maximum absolute atomic E-state index is 11.9. The van der Waals surface area contributed by atoms with E-state index in [9.17, 15) is 4.79 Å². The van der Waals surface area contributed by atoms with Crippen molar-refractivity contribution in [3.8, 4) is 11.5 Å². The van der Waals surface area contributed by atoms with E-state index in [4.69, 9.17) is 16.3 Å². The van der Waals surface area contributed by atoms with Crippen LogP contribution in [0.1, 0.15) is 15.9 Å². The molecule has 25 heavy (non-hydrogen) atoms. The first-order valence-electron chi connectivity index (χ1n) is 7.47. The molecule has 1 N–H and O–H groups in total. The third kappa shape index (κ3) is 4.89. The van der Waals surface area contributed by atoms with E-state index in [0.717, 1.165) is 5.56 Å². The van der Waals surface area contributed by atoms with Gasteiger partial charge in [-0.2, -0.15) is 5.10 Å². The van der Waals surface area contributed by atoms with Gasteiger partial charge in [0, 0.05) is 17.4 Å². The third-order valence-corrected chi connectivity index (χ3v) is 3.46. The molecule has 0 aliphatic rings. The Morgan fingerprint density at radius 1 is 1.08 bits per heavy atom. The van der Waals surface area contributed by atoms with Gasteiger partial charge in [0.2, 0.25) is 0 Å². The Morgan fingerprint density at radius 3 is 2.68 bits per heavy atom. The molecular formula is C19H14ClN3O2. The van der Waals surface area contributed by atoms with Gasteiger partial charge < -0.3 is 4.74 Å². The van der Waals surface area contributed by atoms with Crippen LogP contribution in [0.3, 0.4) is 0 Å². The van der Waals surface area contributed by atoms with Crippen LogP contribution in [0.15, 0.2) is 78.2 Å². The van der Waals surface area contributed by atoms with Gasteiger partial charge in [0.1, 0.15) is 11.5 Å². The Balaban J connectivity index is 1.63. The fourth-order valence-corrected chi connectivity index (χ4v) is 2.15. The van der Waals surface area contributed by atoms with Gasteiger partial charge >= 0.3 is 0 Å². The number of nitrogens with one attached hydrogen (secondary N) is 1. The highest BCUT2D eigenvalue weighted by atomic mass is 35.5. The Morgan fingerprint density at radius 2 is 1.92 bits per heavy atom. The van der Waals surface area contributed by atoms with Gasteiger partial charge in [-0.1, -0.05) is 23.7 Å². The number of halogens is 1. The molecule has 1 amide bonds. The molecule has 0 aliphatic heterocycles. The first-order valence-corrected chi connectivity index (χ1v) is 7.85. The summed E-state index contributed by atoms with van der Waals surface area (Å²) in [4.78, 5) is 15.8. The number of hydrogen-bond acceptors (Lipinski definition) is 4. The SMILES string of the molecule is O=C(N/N=C\c1cccc(Oc2ccc(Cl)cc2)c1)c1cccnc1. The van der Waals surface area contributed by atoms with Gasteiger partial charge in [-0.25, -0.2) is 5.43 Å². The van der Waals surface area contributed by atoms with E-state index in [2.05, 4.69) is 15.5 Å². The molecule has 0 aliphatic carbocycles. The highest BCUT2D eigenvalue weighted by molar-refractivity contribution is 6.30. The number of hydrogen-bond donors (Lipinski definition) is 1. The van der Waals surface area contributed by atoms with E-state index in [-0.39, 0.29) is 5.91 Å². The minimum atomic E-state index is -0.321. The van der Waals surface area contributed by atoms with Gasteiger partial charge in [0.25, 0.3) is 5.91 Å². The summed E-state index contributed by atoms with van der Waals surface area (Å²) in [7, 11) is 0. The molecule has 5 nitrogen and oxygen atoms in total. The first-order chi connectivity index (χ1) is 12.2. The predicted molar refractivity (Wildman–Crippen MR) is 97.3 cm³/mol. The standard InChI is InChI=1S/C19H14ClN3O2/c20-16-6-8-17(9-7-16)25-18-5-1-3-14(11-18)12-22-23-19(24)15-4-2-10-21-13-15/h1-13H,(H,23,24)/b22-12-. The van der Waals surface area contributed by atoms with Crippen molar-refractivity contribution in [2.75, 3.05) is 0 Å². The number of pyridine rings is 1. The van der Waals surface area contributed by atoms with Crippen LogP contribution in [0.25, 0.3) is 0 Å². The minimum absolute atomic E-state index is 0.321. The monoisotopic (exact) mass is 351 g/mol. The minimum Gasteiger partial charge on any atom is -0.457 e. The average Bonchev–Trinajstić information content (AvgIpc) is 2.65. The zero-order chi connectivity index (χ0) is 17.5. The zero-order valence-corrected chi connectivity index (χ0v) is 13.9. The first kappa shape index (κ1) is 16.7. The number of benzene rings is 2. The molecule has 0 saturated carbocycles. The number of carbonyl (C=O) groups is 1. The van der Waals surface area contributed by atoms with Crippen molar-refractivity contribution in [1.82, 2.24) is 10.4 Å². The number of carbonyl (C=O) groups excluding carboxylic acids is 1. The van der Waals surface area contributed by atoms with Crippen molar-refractivity contribution in [2.24, 2.45) is 5.10 Å². The molecule has 6 heteroatoms. The van der Waals surface area contributed by atoms with Crippen LogP contribution in [0.4, 0.5) is 0 Å². The van der Waals surface area contributed by atoms with E-state index < -0.39 is 0 Å². The number of amides is 1. The summed E-state index contributed by atoms with van der Waals surface area (Å²) in [6.45, 7) is 0. The highest BCUT2D eigenvalue weighted by Crippen LogP contribution is 2.23. The molecule has 2 aromatic carbocycles. The smallest absolute Gasteiger partial charge is 0.272 e. The number of ether oxygens (including phenoxy) is 1. The molecule has 0 spiro atoms. The summed E-state index contributed by atoms with van der Waals surface area (Å²) in [5.74, 6) is 1.02. The van der Waals surface area contributed by atoms with Gasteiger partial charge in [-0.3, -0.25) is 9.78 Å². The maximum atomic E-state index is 11.9. The second kappa shape index (κ2) is 8.08. The van der Waals surface area contributed by atoms with Crippen LogP contribution >= 0.6 is 11.6 Å². The Labute approximate surface area is 149 Å². The lowest BCUT2D eigenvalue weighted by molar-refractivity contribution is 0.0955. The molecule has 0 saturated heterocycles. The quantitative estimate of drug-likeness (QED) is 0.551. The largest absolute Gasteiger partial charge is 0.457 e. The van der Waals surface area contributed by atoms with Crippen LogP contribution < -0.4 is 10.2 Å². The van der Waals surface area contributed by atoms with Crippen LogP contribution in [0.5, 0.6) is 11.5 Å². The topological polar surface area (TPSA) is 63.6 Å². The van der Waals surface area contributed by atoms with Crippen LogP contribution in [0, 0.1) is 0 Å². The van der Waals surface area contributed by atoms with Crippen molar-refractivity contribution in [1.29, 1.82) is 0 Å². The lowest BCUT2D eigenvalue weighted by Gasteiger charge is -2.06. The molecule has 1 heterocycles. The van der Waals surface area contributed by atoms with E-state index in [1.54, 1.807) is 48.8 Å². The molecule has 1 aromatic heterocycles.